The Hall–Kier alpha value is -15.0. The average molecular weight is 1410 g/mol. The zero-order chi connectivity index (χ0) is 73.3. The average Bonchev–Trinajstić information content (AvgIpc) is 1.04. The van der Waals surface area contributed by atoms with Crippen molar-refractivity contribution >= 4 is 189 Å². The summed E-state index contributed by atoms with van der Waals surface area (Å²) in [4.78, 5) is 97.4. The molecule has 514 valence electrons. The molecule has 0 unspecified atom stereocenters. The Morgan fingerprint density at radius 3 is 0.944 bits per heavy atom. The molecule has 0 radical (unpaired) electrons. The Labute approximate surface area is 608 Å². The van der Waals surface area contributed by atoms with Gasteiger partial charge >= 0.3 is 0 Å². The maximum absolute atomic E-state index is 15.9. The lowest BCUT2D eigenvalue weighted by Gasteiger charge is -2.15. The number of hydrogen-bond donors (Lipinski definition) is 6. The van der Waals surface area contributed by atoms with Crippen molar-refractivity contribution in [3.63, 3.8) is 0 Å². The number of fused-ring (bicyclic) bond motifs is 32. The number of allylic oxidation sites excluding steroid dienone is 8. The molecule has 18 heteroatoms. The molecule has 0 atom stereocenters. The van der Waals surface area contributed by atoms with E-state index >= 15 is 9.59 Å². The monoisotopic (exact) mass is 1410 g/mol. The number of aromatic amines is 2. The number of hydrogen-bond acceptors (Lipinski definition) is 16. The summed E-state index contributed by atoms with van der Waals surface area (Å²) in [6.45, 7) is 0. The van der Waals surface area contributed by atoms with Gasteiger partial charge in [-0.25, -0.2) is 29.9 Å². The van der Waals surface area contributed by atoms with E-state index < -0.39 is 34.4 Å². The SMILES string of the molecule is COc1c2cc3ccccc3c1c1c(=O)c(c(O)nc3ccccc3c3c4nc(c(c5ccc([nH]5)c5c6nc(c(c7ccc3[nH]7)c3ccccc3nc(O)c3cc7ccccc7c(c3OC)c3c(=O)c(c(O)nc7ccccc75)=CC5=CC(=O)C=CC=35)C=C6)c3ccccc3nc2O)C=C4)=CC2=CC(=O)C=CC=12. The number of ketones is 2. The summed E-state index contributed by atoms with van der Waals surface area (Å²) in [5.41, 5.74) is 4.82. The smallest absolute Gasteiger partial charge is 0.222 e. The highest BCUT2D eigenvalue weighted by Crippen LogP contribution is 2.41. The minimum Gasteiger partial charge on any atom is -0.495 e. The zero-order valence-corrected chi connectivity index (χ0v) is 57.2. The summed E-state index contributed by atoms with van der Waals surface area (Å²) in [6, 6.07) is 54.6. The fourth-order valence-electron chi connectivity index (χ4n) is 15.6. The third-order valence-electron chi connectivity index (χ3n) is 20.4. The number of benzene rings is 8. The molecule has 0 saturated carbocycles. The molecule has 0 fully saturated rings. The van der Waals surface area contributed by atoms with Gasteiger partial charge in [0.1, 0.15) is 11.5 Å². The van der Waals surface area contributed by atoms with Crippen molar-refractivity contribution in [2.75, 3.05) is 14.2 Å². The maximum atomic E-state index is 15.9. The lowest BCUT2D eigenvalue weighted by molar-refractivity contribution is -0.111. The molecule has 18 nitrogen and oxygen atoms in total. The van der Waals surface area contributed by atoms with E-state index in [2.05, 4.69) is 9.97 Å². The van der Waals surface area contributed by atoms with Crippen LogP contribution in [-0.2, 0) is 9.59 Å². The molecule has 6 N–H and O–H groups in total. The van der Waals surface area contributed by atoms with Gasteiger partial charge in [-0.2, -0.15) is 0 Å². The van der Waals surface area contributed by atoms with Crippen LogP contribution in [0.15, 0.2) is 239 Å². The molecule has 13 aromatic rings. The molecule has 6 aliphatic rings. The van der Waals surface area contributed by atoms with Crippen LogP contribution in [0.1, 0.15) is 22.8 Å². The topological polar surface area (TPSA) is 277 Å². The molecule has 20 bridgehead atoms. The molecular weight excluding hydrogens is 1350 g/mol. The van der Waals surface area contributed by atoms with Gasteiger partial charge in [0, 0.05) is 86.4 Å². The minimum absolute atomic E-state index is 0.0633. The van der Waals surface area contributed by atoms with E-state index in [1.807, 2.05) is 146 Å². The van der Waals surface area contributed by atoms with E-state index in [-0.39, 0.29) is 87.6 Å². The highest BCUT2D eigenvalue weighted by atomic mass is 16.5. The van der Waals surface area contributed by atoms with E-state index in [0.717, 1.165) is 0 Å². The first-order valence-electron chi connectivity index (χ1n) is 34.5. The number of nitrogens with one attached hydrogen (secondary N) is 2. The number of carbonyl (C=O) groups is 2. The minimum atomic E-state index is -0.669. The van der Waals surface area contributed by atoms with Crippen LogP contribution in [0, 0.1) is 0 Å². The first-order valence-corrected chi connectivity index (χ1v) is 34.5. The van der Waals surface area contributed by atoms with Crippen molar-refractivity contribution in [1.29, 1.82) is 0 Å². The molecule has 0 spiro atoms. The van der Waals surface area contributed by atoms with Crippen molar-refractivity contribution in [2.24, 2.45) is 0 Å². The van der Waals surface area contributed by atoms with Gasteiger partial charge < -0.3 is 39.9 Å². The van der Waals surface area contributed by atoms with Gasteiger partial charge in [0.2, 0.25) is 23.5 Å². The van der Waals surface area contributed by atoms with Gasteiger partial charge in [-0.05, 0) is 177 Å². The van der Waals surface area contributed by atoms with Crippen LogP contribution in [0.3, 0.4) is 0 Å². The fraction of sp³-hybridized carbons (Fsp3) is 0.0222. The molecule has 8 aromatic carbocycles. The van der Waals surface area contributed by atoms with Gasteiger partial charge in [0.15, 0.2) is 22.4 Å². The third-order valence-corrected chi connectivity index (χ3v) is 20.4. The van der Waals surface area contributed by atoms with Crippen LogP contribution in [0.5, 0.6) is 35.0 Å². The number of rotatable bonds is 2. The van der Waals surface area contributed by atoms with Crippen LogP contribution < -0.4 is 41.2 Å². The Bertz CT molecular complexity index is 7230. The van der Waals surface area contributed by atoms with Gasteiger partial charge in [0.25, 0.3) is 0 Å². The van der Waals surface area contributed by atoms with Crippen LogP contribution in [-0.4, -0.2) is 86.1 Å². The predicted molar refractivity (Wildman–Crippen MR) is 427 cm³/mol. The normalized spacial score (nSPS) is 13.6. The molecular formula is C90H54N8O10. The Kier molecular flexibility index (Phi) is 14.7. The summed E-state index contributed by atoms with van der Waals surface area (Å²) >= 11 is 0. The van der Waals surface area contributed by atoms with Crippen molar-refractivity contribution in [3.05, 3.63) is 294 Å². The molecule has 5 aromatic heterocycles. The van der Waals surface area contributed by atoms with Crippen LogP contribution in [0.25, 0.3) is 178 Å². The van der Waals surface area contributed by atoms with Gasteiger partial charge in [-0.1, -0.05) is 121 Å². The molecule has 108 heavy (non-hydrogen) atoms. The first kappa shape index (κ1) is 63.9. The highest BCUT2D eigenvalue weighted by molar-refractivity contribution is 6.19. The Balaban J connectivity index is 1.10. The van der Waals surface area contributed by atoms with Crippen molar-refractivity contribution in [2.45, 2.75) is 0 Å². The van der Waals surface area contributed by atoms with E-state index in [4.69, 9.17) is 39.4 Å². The first-order chi connectivity index (χ1) is 52.7. The molecule has 4 aliphatic carbocycles. The number of aromatic hydroxyl groups is 4. The second-order valence-electron chi connectivity index (χ2n) is 26.4. The van der Waals surface area contributed by atoms with Crippen molar-refractivity contribution < 1.29 is 39.5 Å². The van der Waals surface area contributed by atoms with E-state index in [9.17, 15) is 30.0 Å². The van der Waals surface area contributed by atoms with E-state index in [1.54, 1.807) is 72.8 Å². The van der Waals surface area contributed by atoms with Crippen molar-refractivity contribution in [1.82, 2.24) is 39.9 Å². The second kappa shape index (κ2) is 24.9. The maximum Gasteiger partial charge on any atom is 0.222 e. The van der Waals surface area contributed by atoms with Crippen LogP contribution in [0.4, 0.5) is 0 Å². The standard InChI is InChI=1S/C90H54N8O10/c1-107-85-61-41-45-15-3-5-17-51(45)81(85)79-53-29-27-49(99)39-47(53)43-59(83(79)101)87(103)95-63-23-11-7-19-55(63)75-67-31-35-71(91-67)77(57-21-9-13-25-65(57)97-89(61)105)73-37-33-69(93-73)76-56-20-8-12-24-64(56)96-88(104)60-44-48-40-50(100)28-30-54(48)80(84(60)102)82-52-18-6-4-16-46(52)42-62(86(82)108-2)90(106)98-66-26-14-10-22-58(66)78(72-36-32-68(76)92-72)74-38-34-70(75)94-74/h3-44,93-94H,1-2H3,(H,95,103)(H,96,104)(H,97,105)(H,98,106). The molecule has 0 saturated heterocycles. The number of aromatic nitrogens is 8. The quantitative estimate of drug-likeness (QED) is 0.0938. The summed E-state index contributed by atoms with van der Waals surface area (Å²) < 4.78 is 12.7. The molecule has 7 heterocycles. The van der Waals surface area contributed by atoms with Crippen molar-refractivity contribution in [3.8, 4) is 35.0 Å². The number of para-hydroxylation sites is 4. The van der Waals surface area contributed by atoms with Gasteiger partial charge in [0.05, 0.1) is 80.3 Å². The van der Waals surface area contributed by atoms with Crippen LogP contribution in [0.2, 0.25) is 0 Å². The Morgan fingerprint density at radius 2 is 0.611 bits per heavy atom. The summed E-state index contributed by atoms with van der Waals surface area (Å²) in [6.07, 6.45) is 19.1. The highest BCUT2D eigenvalue weighted by Gasteiger charge is 2.25. The third kappa shape index (κ3) is 10.2. The van der Waals surface area contributed by atoms with E-state index in [1.165, 1.54) is 50.7 Å². The fourth-order valence-corrected chi connectivity index (χ4v) is 15.6. The number of carbonyl (C=O) groups excluding carboxylic acids is 2. The van der Waals surface area contributed by atoms with Crippen LogP contribution >= 0.6 is 0 Å². The van der Waals surface area contributed by atoms with E-state index in [0.29, 0.717) is 132 Å². The predicted octanol–water partition coefficient (Wildman–Crippen LogP) is 13.8. The lowest BCUT2D eigenvalue weighted by Crippen LogP contribution is -2.41. The lowest BCUT2D eigenvalue weighted by atomic mass is 9.90. The number of H-pyrrole nitrogens is 2. The van der Waals surface area contributed by atoms with Gasteiger partial charge in [-0.15, -0.1) is 0 Å². The number of ether oxygens (including phenoxy) is 2. The summed E-state index contributed by atoms with van der Waals surface area (Å²) in [5.74, 6) is -2.86. The summed E-state index contributed by atoms with van der Waals surface area (Å²) in [5, 5.41) is 58.1. The molecule has 0 amide bonds. The largest absolute Gasteiger partial charge is 0.495 e. The second-order valence-corrected chi connectivity index (χ2v) is 26.4. The number of nitrogens with zero attached hydrogens (tertiary/aromatic N) is 6. The molecule has 19 rings (SSSR count). The number of methoxy groups -OCH3 is 2. The summed E-state index contributed by atoms with van der Waals surface area (Å²) in [7, 11) is 2.86. The Morgan fingerprint density at radius 1 is 0.306 bits per heavy atom. The molecule has 2 aliphatic heterocycles. The van der Waals surface area contributed by atoms with Gasteiger partial charge in [-0.3, -0.25) is 19.2 Å². The zero-order valence-electron chi connectivity index (χ0n) is 57.2.